The predicted molar refractivity (Wildman–Crippen MR) is 57.4 cm³/mol. The van der Waals surface area contributed by atoms with Crippen LogP contribution in [0.5, 0.6) is 0 Å². The molecule has 0 radical (unpaired) electrons. The topological polar surface area (TPSA) is 12.0 Å². The van der Waals surface area contributed by atoms with Crippen LogP contribution in [-0.2, 0) is 6.42 Å². The van der Waals surface area contributed by atoms with Crippen LogP contribution in [-0.4, -0.2) is 6.54 Å². The summed E-state index contributed by atoms with van der Waals surface area (Å²) in [5, 5.41) is 3.35. The Hall–Kier alpha value is -1.05. The second kappa shape index (κ2) is 3.99. The van der Waals surface area contributed by atoms with Crippen LogP contribution in [0.15, 0.2) is 18.2 Å². The predicted octanol–water partition coefficient (Wildman–Crippen LogP) is 3.47. The Bertz CT molecular complexity index is 320. The molecule has 2 heteroatoms. The molecule has 1 aromatic rings. The molecule has 14 heavy (non-hydrogen) atoms. The largest absolute Gasteiger partial charge is 0.385 e. The zero-order chi connectivity index (χ0) is 9.97. The summed E-state index contributed by atoms with van der Waals surface area (Å²) in [7, 11) is 0. The van der Waals surface area contributed by atoms with E-state index in [0.717, 1.165) is 24.2 Å². The molecular formula is C12H16FN. The lowest BCUT2D eigenvalue weighted by Crippen LogP contribution is -2.00. The Kier molecular flexibility index (Phi) is 2.71. The molecule has 1 atom stereocenters. The van der Waals surface area contributed by atoms with E-state index in [9.17, 15) is 4.39 Å². The number of hydrogen-bond acceptors (Lipinski definition) is 1. The molecule has 1 nitrogen and oxygen atoms in total. The van der Waals surface area contributed by atoms with Gasteiger partial charge in [0.05, 0.1) is 0 Å². The van der Waals surface area contributed by atoms with Crippen molar-refractivity contribution < 1.29 is 4.39 Å². The molecule has 1 unspecified atom stereocenters. The van der Waals surface area contributed by atoms with Gasteiger partial charge in [-0.05, 0) is 43.4 Å². The molecule has 2 rings (SSSR count). The van der Waals surface area contributed by atoms with E-state index in [2.05, 4.69) is 11.4 Å². The Morgan fingerprint density at radius 2 is 2.21 bits per heavy atom. The molecule has 0 aromatic heterocycles. The van der Waals surface area contributed by atoms with Crippen LogP contribution < -0.4 is 5.32 Å². The molecule has 1 aliphatic heterocycles. The molecule has 1 aromatic carbocycles. The van der Waals surface area contributed by atoms with Gasteiger partial charge in [-0.25, -0.2) is 4.39 Å². The summed E-state index contributed by atoms with van der Waals surface area (Å²) >= 11 is 0. The number of benzene rings is 1. The first kappa shape index (κ1) is 9.50. The van der Waals surface area contributed by atoms with Gasteiger partial charge in [0, 0.05) is 12.2 Å². The Morgan fingerprint density at radius 1 is 1.36 bits per heavy atom. The lowest BCUT2D eigenvalue weighted by Gasteiger charge is -2.10. The summed E-state index contributed by atoms with van der Waals surface area (Å²) in [6, 6.07) is 5.90. The number of fused-ring (bicyclic) bond motifs is 1. The van der Waals surface area contributed by atoms with Gasteiger partial charge >= 0.3 is 0 Å². The van der Waals surface area contributed by atoms with Gasteiger partial charge in [-0.2, -0.15) is 0 Å². The number of alkyl halides is 1. The summed E-state index contributed by atoms with van der Waals surface area (Å²) in [5.74, 6) is 0. The SMILES string of the molecule is CC(F)c1ccc2c(c1)NCCCC2. The van der Waals surface area contributed by atoms with Gasteiger partial charge in [0.15, 0.2) is 0 Å². The maximum absolute atomic E-state index is 13.1. The fraction of sp³-hybridized carbons (Fsp3) is 0.500. The monoisotopic (exact) mass is 193 g/mol. The maximum Gasteiger partial charge on any atom is 0.122 e. The van der Waals surface area contributed by atoms with E-state index in [1.165, 1.54) is 18.4 Å². The molecule has 0 amide bonds. The van der Waals surface area contributed by atoms with Crippen LogP contribution in [0.3, 0.4) is 0 Å². The molecule has 76 valence electrons. The maximum atomic E-state index is 13.1. The van der Waals surface area contributed by atoms with Crippen molar-refractivity contribution in [2.75, 3.05) is 11.9 Å². The van der Waals surface area contributed by atoms with E-state index in [1.54, 1.807) is 6.92 Å². The molecule has 0 fully saturated rings. The first-order valence-electron chi connectivity index (χ1n) is 5.28. The third kappa shape index (κ3) is 1.89. The van der Waals surface area contributed by atoms with E-state index >= 15 is 0 Å². The highest BCUT2D eigenvalue weighted by Gasteiger charge is 2.10. The highest BCUT2D eigenvalue weighted by atomic mass is 19.1. The number of halogens is 1. The van der Waals surface area contributed by atoms with Crippen molar-refractivity contribution in [3.8, 4) is 0 Å². The number of aryl methyl sites for hydroxylation is 1. The van der Waals surface area contributed by atoms with Gasteiger partial charge in [0.2, 0.25) is 0 Å². The van der Waals surface area contributed by atoms with Gasteiger partial charge in [0.25, 0.3) is 0 Å². The molecule has 1 N–H and O–H groups in total. The van der Waals surface area contributed by atoms with Crippen LogP contribution in [0.25, 0.3) is 0 Å². The lowest BCUT2D eigenvalue weighted by atomic mass is 10.0. The Labute approximate surface area is 84.3 Å². The molecule has 0 spiro atoms. The minimum Gasteiger partial charge on any atom is -0.385 e. The summed E-state index contributed by atoms with van der Waals surface area (Å²) in [5.41, 5.74) is 3.23. The van der Waals surface area contributed by atoms with Crippen molar-refractivity contribution in [2.24, 2.45) is 0 Å². The quantitative estimate of drug-likeness (QED) is 0.720. The van der Waals surface area contributed by atoms with E-state index in [-0.39, 0.29) is 0 Å². The fourth-order valence-corrected chi connectivity index (χ4v) is 1.89. The third-order valence-electron chi connectivity index (χ3n) is 2.78. The highest BCUT2D eigenvalue weighted by Crippen LogP contribution is 2.26. The highest BCUT2D eigenvalue weighted by molar-refractivity contribution is 5.54. The van der Waals surface area contributed by atoms with E-state index in [0.29, 0.717) is 0 Å². The van der Waals surface area contributed by atoms with E-state index in [1.807, 2.05) is 12.1 Å². The normalized spacial score (nSPS) is 17.9. The number of anilines is 1. The average molecular weight is 193 g/mol. The van der Waals surface area contributed by atoms with E-state index < -0.39 is 6.17 Å². The van der Waals surface area contributed by atoms with Crippen LogP contribution in [0.1, 0.15) is 37.1 Å². The molecule has 1 aliphatic rings. The molecule has 0 aliphatic carbocycles. The Balaban J connectivity index is 2.32. The second-order valence-electron chi connectivity index (χ2n) is 3.92. The number of nitrogens with one attached hydrogen (secondary N) is 1. The third-order valence-corrected chi connectivity index (χ3v) is 2.78. The summed E-state index contributed by atoms with van der Waals surface area (Å²) in [6.07, 6.45) is 2.67. The summed E-state index contributed by atoms with van der Waals surface area (Å²) in [6.45, 7) is 2.59. The van der Waals surface area contributed by atoms with Crippen LogP contribution in [0.2, 0.25) is 0 Å². The zero-order valence-electron chi connectivity index (χ0n) is 8.52. The van der Waals surface area contributed by atoms with Gasteiger partial charge in [0.1, 0.15) is 6.17 Å². The van der Waals surface area contributed by atoms with Gasteiger partial charge in [-0.1, -0.05) is 12.1 Å². The van der Waals surface area contributed by atoms with Crippen LogP contribution in [0.4, 0.5) is 10.1 Å². The standard InChI is InChI=1S/C12H16FN/c1-9(13)11-6-5-10-4-2-3-7-14-12(10)8-11/h5-6,8-9,14H,2-4,7H2,1H3. The molecular weight excluding hydrogens is 177 g/mol. The van der Waals surface area contributed by atoms with Crippen molar-refractivity contribution in [1.82, 2.24) is 0 Å². The number of rotatable bonds is 1. The van der Waals surface area contributed by atoms with E-state index in [4.69, 9.17) is 0 Å². The summed E-state index contributed by atoms with van der Waals surface area (Å²) < 4.78 is 13.1. The van der Waals surface area contributed by atoms with Gasteiger partial charge in [-0.3, -0.25) is 0 Å². The molecule has 0 saturated heterocycles. The second-order valence-corrected chi connectivity index (χ2v) is 3.92. The minimum absolute atomic E-state index is 0.776. The average Bonchev–Trinajstić information content (AvgIpc) is 2.41. The lowest BCUT2D eigenvalue weighted by molar-refractivity contribution is 0.374. The van der Waals surface area contributed by atoms with Crippen LogP contribution in [0, 0.1) is 0 Å². The summed E-state index contributed by atoms with van der Waals surface area (Å²) in [4.78, 5) is 0. The van der Waals surface area contributed by atoms with Gasteiger partial charge < -0.3 is 5.32 Å². The number of hydrogen-bond donors (Lipinski definition) is 1. The van der Waals surface area contributed by atoms with Gasteiger partial charge in [-0.15, -0.1) is 0 Å². The minimum atomic E-state index is -0.870. The molecule has 0 bridgehead atoms. The fourth-order valence-electron chi connectivity index (χ4n) is 1.89. The first-order valence-corrected chi connectivity index (χ1v) is 5.28. The first-order chi connectivity index (χ1) is 6.77. The van der Waals surface area contributed by atoms with Crippen molar-refractivity contribution in [3.05, 3.63) is 29.3 Å². The zero-order valence-corrected chi connectivity index (χ0v) is 8.52. The van der Waals surface area contributed by atoms with Crippen molar-refractivity contribution >= 4 is 5.69 Å². The molecule has 0 saturated carbocycles. The van der Waals surface area contributed by atoms with Crippen molar-refractivity contribution in [2.45, 2.75) is 32.4 Å². The Morgan fingerprint density at radius 3 is 3.00 bits per heavy atom. The van der Waals surface area contributed by atoms with Crippen LogP contribution >= 0.6 is 0 Å². The van der Waals surface area contributed by atoms with Crippen molar-refractivity contribution in [3.63, 3.8) is 0 Å². The molecule has 1 heterocycles. The van der Waals surface area contributed by atoms with Crippen molar-refractivity contribution in [1.29, 1.82) is 0 Å². The smallest absolute Gasteiger partial charge is 0.122 e.